The van der Waals surface area contributed by atoms with Gasteiger partial charge in [0.1, 0.15) is 17.5 Å². The molecule has 3 heterocycles. The Labute approximate surface area is 219 Å². The number of amidine groups is 1. The molecule has 2 aromatic rings. The lowest BCUT2D eigenvalue weighted by molar-refractivity contribution is 0.129. The highest BCUT2D eigenvalue weighted by Gasteiger charge is 2.27. The number of hydrogen-bond acceptors (Lipinski definition) is 5. The van der Waals surface area contributed by atoms with Crippen molar-refractivity contribution < 1.29 is 4.39 Å². The van der Waals surface area contributed by atoms with Crippen molar-refractivity contribution in [3.63, 3.8) is 0 Å². The van der Waals surface area contributed by atoms with E-state index in [1.165, 1.54) is 6.07 Å². The molecule has 1 aromatic carbocycles. The van der Waals surface area contributed by atoms with Crippen molar-refractivity contribution in [1.82, 2.24) is 24.7 Å². The average Bonchev–Trinajstić information content (AvgIpc) is 3.57. The van der Waals surface area contributed by atoms with Crippen LogP contribution in [-0.2, 0) is 0 Å². The lowest BCUT2D eigenvalue weighted by Crippen LogP contribution is -2.49. The third-order valence-corrected chi connectivity index (χ3v) is 7.11. The number of hydrogen-bond donors (Lipinski definition) is 3. The standard InChI is InChI=1S/C29H38FN7/c1-21(2)35-15-17-36(18-16-35)27(31)11-4-7-22(3)25-20-33-29(34-25)13-12-28(32)37-14-6-10-26(37)23-8-5-9-24(30)19-23/h4-5,7-9,11-13,19-21,26,32H,3,6,10,14-18,31H2,1-2H3,(H,33,34)/b7-4-,13-12-,27-11+,32-28?. The highest BCUT2D eigenvalue weighted by molar-refractivity contribution is 5.94. The van der Waals surface area contributed by atoms with E-state index in [4.69, 9.17) is 11.1 Å². The van der Waals surface area contributed by atoms with Gasteiger partial charge >= 0.3 is 0 Å². The molecule has 2 aliphatic heterocycles. The first kappa shape index (κ1) is 26.4. The van der Waals surface area contributed by atoms with Gasteiger partial charge in [-0.25, -0.2) is 9.37 Å². The molecule has 2 fully saturated rings. The first-order valence-corrected chi connectivity index (χ1v) is 13.0. The summed E-state index contributed by atoms with van der Waals surface area (Å²) in [5.41, 5.74) is 8.79. The van der Waals surface area contributed by atoms with Gasteiger partial charge in [-0.05, 0) is 68.2 Å². The highest BCUT2D eigenvalue weighted by Crippen LogP contribution is 2.32. The number of H-pyrrole nitrogens is 1. The molecule has 1 atom stereocenters. The first-order chi connectivity index (χ1) is 17.8. The predicted molar refractivity (Wildman–Crippen MR) is 149 cm³/mol. The third kappa shape index (κ3) is 6.77. The van der Waals surface area contributed by atoms with Crippen molar-refractivity contribution in [1.29, 1.82) is 5.41 Å². The zero-order chi connectivity index (χ0) is 26.4. The van der Waals surface area contributed by atoms with Crippen LogP contribution in [0.15, 0.2) is 67.2 Å². The maximum atomic E-state index is 13.7. The van der Waals surface area contributed by atoms with Gasteiger partial charge in [0, 0.05) is 38.8 Å². The molecule has 8 heteroatoms. The van der Waals surface area contributed by atoms with Gasteiger partial charge in [0.25, 0.3) is 0 Å². The zero-order valence-corrected chi connectivity index (χ0v) is 21.8. The number of nitrogens with two attached hydrogens (primary N) is 1. The van der Waals surface area contributed by atoms with Crippen molar-refractivity contribution in [3.05, 3.63) is 90.1 Å². The molecule has 0 spiro atoms. The summed E-state index contributed by atoms with van der Waals surface area (Å²) in [5, 5.41) is 8.56. The highest BCUT2D eigenvalue weighted by atomic mass is 19.1. The third-order valence-electron chi connectivity index (χ3n) is 7.11. The van der Waals surface area contributed by atoms with Gasteiger partial charge in [0.05, 0.1) is 23.8 Å². The number of aromatic nitrogens is 2. The number of likely N-dealkylation sites (tertiary alicyclic amines) is 1. The van der Waals surface area contributed by atoms with E-state index in [-0.39, 0.29) is 11.9 Å². The number of nitrogens with one attached hydrogen (secondary N) is 2. The predicted octanol–water partition coefficient (Wildman–Crippen LogP) is 4.77. The molecular weight excluding hydrogens is 465 g/mol. The second-order valence-electron chi connectivity index (χ2n) is 9.90. The van der Waals surface area contributed by atoms with E-state index in [0.29, 0.717) is 17.7 Å². The molecule has 0 radical (unpaired) electrons. The van der Waals surface area contributed by atoms with Crippen LogP contribution in [-0.4, -0.2) is 69.3 Å². The fourth-order valence-electron chi connectivity index (χ4n) is 4.91. The minimum absolute atomic E-state index is 0.0181. The minimum atomic E-state index is -0.244. The summed E-state index contributed by atoms with van der Waals surface area (Å²) in [6.45, 7) is 13.3. The number of benzene rings is 1. The molecule has 7 nitrogen and oxygen atoms in total. The quantitative estimate of drug-likeness (QED) is 0.274. The van der Waals surface area contributed by atoms with Crippen LogP contribution in [0.5, 0.6) is 0 Å². The van der Waals surface area contributed by atoms with Gasteiger partial charge in [-0.15, -0.1) is 0 Å². The zero-order valence-electron chi connectivity index (χ0n) is 21.8. The number of nitrogens with zero attached hydrogens (tertiary/aromatic N) is 4. The summed E-state index contributed by atoms with van der Waals surface area (Å²) in [4.78, 5) is 14.3. The van der Waals surface area contributed by atoms with Gasteiger partial charge < -0.3 is 20.5 Å². The summed E-state index contributed by atoms with van der Waals surface area (Å²) in [5.74, 6) is 1.55. The van der Waals surface area contributed by atoms with Crippen molar-refractivity contribution in [2.24, 2.45) is 5.73 Å². The van der Waals surface area contributed by atoms with Gasteiger partial charge in [-0.1, -0.05) is 30.9 Å². The lowest BCUT2D eigenvalue weighted by Gasteiger charge is -2.38. The minimum Gasteiger partial charge on any atom is -0.385 e. The van der Waals surface area contributed by atoms with Crippen LogP contribution in [0.4, 0.5) is 4.39 Å². The van der Waals surface area contributed by atoms with E-state index in [1.54, 1.807) is 30.5 Å². The second kappa shape index (κ2) is 12.1. The summed E-state index contributed by atoms with van der Waals surface area (Å²) in [6, 6.07) is 7.25. The maximum absolute atomic E-state index is 13.7. The first-order valence-electron chi connectivity index (χ1n) is 13.0. The molecule has 0 aliphatic carbocycles. The Morgan fingerprint density at radius 3 is 2.73 bits per heavy atom. The average molecular weight is 504 g/mol. The van der Waals surface area contributed by atoms with E-state index in [1.807, 2.05) is 29.2 Å². The van der Waals surface area contributed by atoms with Crippen LogP contribution in [0, 0.1) is 11.2 Å². The molecule has 196 valence electrons. The lowest BCUT2D eigenvalue weighted by atomic mass is 10.0. The number of aromatic amines is 1. The SMILES string of the molecule is C=C(/C=C\C=C(/N)N1CCN(C(C)C)CC1)c1cnc(/C=C\C(=N)N2CCCC2c2cccc(F)c2)[nH]1. The summed E-state index contributed by atoms with van der Waals surface area (Å²) < 4.78 is 13.7. The number of rotatable bonds is 8. The Morgan fingerprint density at radius 1 is 1.22 bits per heavy atom. The van der Waals surface area contributed by atoms with Crippen molar-refractivity contribution in [2.75, 3.05) is 32.7 Å². The molecule has 4 rings (SSSR count). The van der Waals surface area contributed by atoms with Gasteiger partial charge in [0.2, 0.25) is 0 Å². The molecule has 2 saturated heterocycles. The van der Waals surface area contributed by atoms with Gasteiger partial charge in [-0.3, -0.25) is 10.3 Å². The topological polar surface area (TPSA) is 88.3 Å². The van der Waals surface area contributed by atoms with E-state index in [2.05, 4.69) is 40.2 Å². The molecule has 1 aromatic heterocycles. The van der Waals surface area contributed by atoms with E-state index < -0.39 is 0 Å². The molecule has 37 heavy (non-hydrogen) atoms. The van der Waals surface area contributed by atoms with Crippen molar-refractivity contribution in [2.45, 2.75) is 38.8 Å². The second-order valence-corrected chi connectivity index (χ2v) is 9.90. The number of piperazine rings is 1. The van der Waals surface area contributed by atoms with E-state index in [9.17, 15) is 4.39 Å². The number of imidazole rings is 1. The van der Waals surface area contributed by atoms with Crippen LogP contribution >= 0.6 is 0 Å². The molecule has 0 saturated carbocycles. The normalized spacial score (nSPS) is 19.6. The summed E-state index contributed by atoms with van der Waals surface area (Å²) >= 11 is 0. The van der Waals surface area contributed by atoms with Crippen molar-refractivity contribution in [3.8, 4) is 0 Å². The largest absolute Gasteiger partial charge is 0.385 e. The fourth-order valence-corrected chi connectivity index (χ4v) is 4.91. The smallest absolute Gasteiger partial charge is 0.130 e. The van der Waals surface area contributed by atoms with Crippen LogP contribution < -0.4 is 5.73 Å². The van der Waals surface area contributed by atoms with Crippen LogP contribution in [0.2, 0.25) is 0 Å². The fraction of sp³-hybridized carbons (Fsp3) is 0.379. The van der Waals surface area contributed by atoms with Crippen molar-refractivity contribution >= 4 is 17.5 Å². The Morgan fingerprint density at radius 2 is 2.00 bits per heavy atom. The monoisotopic (exact) mass is 503 g/mol. The van der Waals surface area contributed by atoms with E-state index >= 15 is 0 Å². The summed E-state index contributed by atoms with van der Waals surface area (Å²) in [6.07, 6.45) is 12.9. The van der Waals surface area contributed by atoms with Crippen LogP contribution in [0.3, 0.4) is 0 Å². The molecule has 4 N–H and O–H groups in total. The molecule has 0 bridgehead atoms. The molecule has 0 amide bonds. The van der Waals surface area contributed by atoms with Crippen LogP contribution in [0.25, 0.3) is 11.6 Å². The molecular formula is C29H38FN7. The Balaban J connectivity index is 1.31. The van der Waals surface area contributed by atoms with Crippen LogP contribution in [0.1, 0.15) is 49.8 Å². The van der Waals surface area contributed by atoms with E-state index in [0.717, 1.165) is 68.2 Å². The van der Waals surface area contributed by atoms with Gasteiger partial charge in [-0.2, -0.15) is 0 Å². The Bertz CT molecular complexity index is 1180. The maximum Gasteiger partial charge on any atom is 0.130 e. The molecule has 1 unspecified atom stereocenters. The van der Waals surface area contributed by atoms with Gasteiger partial charge in [0.15, 0.2) is 0 Å². The number of halogens is 1. The Kier molecular flexibility index (Phi) is 8.61. The Hall–Kier alpha value is -3.65. The molecule has 2 aliphatic rings. The summed E-state index contributed by atoms with van der Waals surface area (Å²) in [7, 11) is 0. The number of allylic oxidation sites excluding steroid dienone is 4.